The summed E-state index contributed by atoms with van der Waals surface area (Å²) >= 11 is 0. The van der Waals surface area contributed by atoms with E-state index in [1.807, 2.05) is 62.6 Å². The Morgan fingerprint density at radius 1 is 0.775 bits per heavy atom. The average molecular weight is 549 g/mol. The lowest BCUT2D eigenvalue weighted by Gasteiger charge is -2.18. The predicted molar refractivity (Wildman–Crippen MR) is 150 cm³/mol. The van der Waals surface area contributed by atoms with Gasteiger partial charge in [-0.25, -0.2) is 10.1 Å². The number of aliphatic hydroxyl groups excluding tert-OH is 2. The van der Waals surface area contributed by atoms with Crippen molar-refractivity contribution in [3.05, 3.63) is 72.1 Å². The molecule has 10 heteroatoms. The molecule has 212 valence electrons. The van der Waals surface area contributed by atoms with E-state index in [1.54, 1.807) is 0 Å². The van der Waals surface area contributed by atoms with Crippen molar-refractivity contribution in [3.8, 4) is 0 Å². The van der Waals surface area contributed by atoms with Crippen LogP contribution in [0.3, 0.4) is 0 Å². The van der Waals surface area contributed by atoms with Gasteiger partial charge in [-0.05, 0) is 36.1 Å². The molecule has 2 aromatic heterocycles. The molecule has 0 bridgehead atoms. The molecule has 6 rings (SSSR count). The van der Waals surface area contributed by atoms with Gasteiger partial charge in [0.25, 0.3) is 0 Å². The van der Waals surface area contributed by atoms with Crippen LogP contribution in [0, 0.1) is 11.8 Å². The van der Waals surface area contributed by atoms with Gasteiger partial charge >= 0.3 is 0 Å². The van der Waals surface area contributed by atoms with Gasteiger partial charge in [0.1, 0.15) is 13.2 Å². The van der Waals surface area contributed by atoms with E-state index in [0.717, 1.165) is 32.9 Å². The summed E-state index contributed by atoms with van der Waals surface area (Å²) in [4.78, 5) is 41.3. The molecule has 0 saturated carbocycles. The Morgan fingerprint density at radius 2 is 1.18 bits per heavy atom. The standard InChI is InChI=1S/2C15H18N2O3/c2*1-10(15(19)17-8-12(18)9-20-17)6-11-7-16-14-5-3-2-4-13(11)14/h2*2-5,7,10,12,16,18H,6,8-9H2,1H3/t2*10-,12?/m00/s1. The molecular formula is C30H36N4O6. The van der Waals surface area contributed by atoms with Crippen molar-refractivity contribution >= 4 is 33.6 Å². The van der Waals surface area contributed by atoms with Crippen LogP contribution in [0.1, 0.15) is 25.0 Å². The SMILES string of the molecule is C[C@@H](Cc1c[nH]c2ccccc12)C(=O)N1CC(O)CO1.C[C@@H](Cc1c[nH]c2ccccc12)C(=O)N1CC(O)CO1. The summed E-state index contributed by atoms with van der Waals surface area (Å²) in [7, 11) is 0. The normalized spacial score (nSPS) is 20.5. The lowest BCUT2D eigenvalue weighted by Crippen LogP contribution is -2.33. The molecule has 2 aromatic carbocycles. The van der Waals surface area contributed by atoms with Gasteiger partial charge in [0.15, 0.2) is 0 Å². The lowest BCUT2D eigenvalue weighted by atomic mass is 10.00. The van der Waals surface area contributed by atoms with Gasteiger partial charge < -0.3 is 20.2 Å². The number of hydrogen-bond acceptors (Lipinski definition) is 6. The number of nitrogens with one attached hydrogen (secondary N) is 2. The number of aliphatic hydroxyl groups is 2. The summed E-state index contributed by atoms with van der Waals surface area (Å²) in [5, 5.41) is 23.7. The van der Waals surface area contributed by atoms with E-state index < -0.39 is 12.2 Å². The van der Waals surface area contributed by atoms with Gasteiger partial charge in [-0.15, -0.1) is 0 Å². The molecule has 4 heterocycles. The smallest absolute Gasteiger partial charge is 0.249 e. The highest BCUT2D eigenvalue weighted by Gasteiger charge is 2.30. The minimum absolute atomic E-state index is 0.0770. The Hall–Kier alpha value is -3.70. The number of hydroxylamine groups is 4. The number of rotatable bonds is 6. The van der Waals surface area contributed by atoms with Crippen molar-refractivity contribution in [2.24, 2.45) is 11.8 Å². The zero-order chi connectivity index (χ0) is 28.2. The van der Waals surface area contributed by atoms with Crippen molar-refractivity contribution in [1.82, 2.24) is 20.1 Å². The molecule has 4 aromatic rings. The first kappa shape index (κ1) is 27.9. The number of β-amino-alcohol motifs (C(OH)–C–C–N with tert-alkyl or cyclic N) is 2. The third-order valence-corrected chi connectivity index (χ3v) is 7.34. The fourth-order valence-electron chi connectivity index (χ4n) is 5.18. The number of H-pyrrole nitrogens is 2. The molecule has 10 nitrogen and oxygen atoms in total. The largest absolute Gasteiger partial charge is 0.389 e. The van der Waals surface area contributed by atoms with Crippen LogP contribution in [0.15, 0.2) is 60.9 Å². The summed E-state index contributed by atoms with van der Waals surface area (Å²) in [6.45, 7) is 4.70. The Balaban J connectivity index is 0.000000161. The number of hydrogen-bond donors (Lipinski definition) is 4. The molecule has 4 N–H and O–H groups in total. The molecule has 2 unspecified atom stereocenters. The van der Waals surface area contributed by atoms with Crippen molar-refractivity contribution in [3.63, 3.8) is 0 Å². The third kappa shape index (κ3) is 6.20. The van der Waals surface area contributed by atoms with Gasteiger partial charge in [0.2, 0.25) is 11.8 Å². The number of amides is 2. The van der Waals surface area contributed by atoms with E-state index in [-0.39, 0.29) is 50.0 Å². The summed E-state index contributed by atoms with van der Waals surface area (Å²) in [6, 6.07) is 16.1. The predicted octanol–water partition coefficient (Wildman–Crippen LogP) is 2.96. The molecule has 2 saturated heterocycles. The second-order valence-corrected chi connectivity index (χ2v) is 10.6. The van der Waals surface area contributed by atoms with Crippen LogP contribution in [0.25, 0.3) is 21.8 Å². The molecule has 2 fully saturated rings. The van der Waals surface area contributed by atoms with Crippen LogP contribution >= 0.6 is 0 Å². The van der Waals surface area contributed by atoms with E-state index >= 15 is 0 Å². The number of carbonyl (C=O) groups is 2. The lowest BCUT2D eigenvalue weighted by molar-refractivity contribution is -0.173. The number of nitrogens with zero attached hydrogens (tertiary/aromatic N) is 2. The monoisotopic (exact) mass is 548 g/mol. The molecule has 4 atom stereocenters. The van der Waals surface area contributed by atoms with Crippen molar-refractivity contribution in [2.75, 3.05) is 26.3 Å². The first-order valence-electron chi connectivity index (χ1n) is 13.6. The second-order valence-electron chi connectivity index (χ2n) is 10.6. The minimum Gasteiger partial charge on any atom is -0.389 e. The van der Waals surface area contributed by atoms with Crippen molar-refractivity contribution < 1.29 is 29.5 Å². The quantitative estimate of drug-likeness (QED) is 0.293. The van der Waals surface area contributed by atoms with Crippen LogP contribution in [0.5, 0.6) is 0 Å². The van der Waals surface area contributed by atoms with E-state index in [9.17, 15) is 19.8 Å². The van der Waals surface area contributed by atoms with Gasteiger partial charge in [-0.2, -0.15) is 0 Å². The van der Waals surface area contributed by atoms with E-state index in [4.69, 9.17) is 9.68 Å². The van der Waals surface area contributed by atoms with Gasteiger partial charge in [0.05, 0.1) is 25.3 Å². The first-order chi connectivity index (χ1) is 19.3. The summed E-state index contributed by atoms with van der Waals surface area (Å²) in [6.07, 6.45) is 4.07. The highest BCUT2D eigenvalue weighted by atomic mass is 16.7. The number of aromatic nitrogens is 2. The molecule has 2 amide bonds. The molecule has 2 aliphatic heterocycles. The third-order valence-electron chi connectivity index (χ3n) is 7.34. The van der Waals surface area contributed by atoms with Crippen LogP contribution in [0.2, 0.25) is 0 Å². The van der Waals surface area contributed by atoms with Gasteiger partial charge in [-0.1, -0.05) is 50.2 Å². The Labute approximate surface area is 232 Å². The molecular weight excluding hydrogens is 512 g/mol. The van der Waals surface area contributed by atoms with Crippen LogP contribution < -0.4 is 0 Å². The molecule has 40 heavy (non-hydrogen) atoms. The van der Waals surface area contributed by atoms with E-state index in [2.05, 4.69) is 22.1 Å². The first-order valence-corrected chi connectivity index (χ1v) is 13.6. The zero-order valence-electron chi connectivity index (χ0n) is 22.7. The zero-order valence-corrected chi connectivity index (χ0v) is 22.7. The topological polar surface area (TPSA) is 131 Å². The molecule has 0 spiro atoms. The number of aromatic amines is 2. The fourth-order valence-corrected chi connectivity index (χ4v) is 5.18. The molecule has 0 radical (unpaired) electrons. The summed E-state index contributed by atoms with van der Waals surface area (Å²) in [5.41, 5.74) is 4.41. The van der Waals surface area contributed by atoms with Crippen LogP contribution in [0.4, 0.5) is 0 Å². The van der Waals surface area contributed by atoms with Crippen molar-refractivity contribution in [1.29, 1.82) is 0 Å². The highest BCUT2D eigenvalue weighted by Crippen LogP contribution is 2.23. The second kappa shape index (κ2) is 12.2. The van der Waals surface area contributed by atoms with Crippen LogP contribution in [-0.2, 0) is 32.1 Å². The Kier molecular flexibility index (Phi) is 8.51. The van der Waals surface area contributed by atoms with Crippen LogP contribution in [-0.4, -0.2) is 80.6 Å². The number of fused-ring (bicyclic) bond motifs is 2. The summed E-state index contributed by atoms with van der Waals surface area (Å²) in [5.74, 6) is -0.516. The fraction of sp³-hybridized carbons (Fsp3) is 0.400. The van der Waals surface area contributed by atoms with Gasteiger partial charge in [-0.3, -0.25) is 19.3 Å². The summed E-state index contributed by atoms with van der Waals surface area (Å²) < 4.78 is 0. The average Bonchev–Trinajstić information content (AvgIpc) is 3.76. The van der Waals surface area contributed by atoms with E-state index in [0.29, 0.717) is 12.8 Å². The number of benzene rings is 2. The van der Waals surface area contributed by atoms with Crippen molar-refractivity contribution in [2.45, 2.75) is 38.9 Å². The highest BCUT2D eigenvalue weighted by molar-refractivity contribution is 5.85. The number of carbonyl (C=O) groups excluding carboxylic acids is 2. The molecule has 2 aliphatic rings. The number of para-hydroxylation sites is 2. The maximum atomic E-state index is 12.2. The Bertz CT molecular complexity index is 1350. The Morgan fingerprint density at radius 3 is 1.55 bits per heavy atom. The van der Waals surface area contributed by atoms with Gasteiger partial charge in [0, 0.05) is 46.0 Å². The maximum Gasteiger partial charge on any atom is 0.249 e. The molecule has 0 aliphatic carbocycles. The maximum absolute atomic E-state index is 12.2. The minimum atomic E-state index is -0.570. The van der Waals surface area contributed by atoms with E-state index in [1.165, 1.54) is 10.1 Å².